The fourth-order valence-corrected chi connectivity index (χ4v) is 2.46. The maximum atomic E-state index is 6.11. The van der Waals surface area contributed by atoms with E-state index in [1.165, 1.54) is 11.9 Å². The Morgan fingerprint density at radius 1 is 1.33 bits per heavy atom. The van der Waals surface area contributed by atoms with Crippen LogP contribution in [0.15, 0.2) is 35.6 Å². The van der Waals surface area contributed by atoms with Gasteiger partial charge in [-0.05, 0) is 24.6 Å². The fourth-order valence-electron chi connectivity index (χ4n) is 2.27. The highest BCUT2D eigenvalue weighted by Gasteiger charge is 2.21. The normalized spacial score (nSPS) is 12.3. The largest absolute Gasteiger partial charge is 0.357 e. The van der Waals surface area contributed by atoms with Gasteiger partial charge >= 0.3 is 0 Å². The van der Waals surface area contributed by atoms with E-state index < -0.39 is 0 Å². The van der Waals surface area contributed by atoms with Gasteiger partial charge in [0.05, 0.1) is 0 Å². The van der Waals surface area contributed by atoms with Crippen molar-refractivity contribution in [3.8, 4) is 0 Å². The van der Waals surface area contributed by atoms with Crippen molar-refractivity contribution in [1.82, 2.24) is 25.4 Å². The van der Waals surface area contributed by atoms with E-state index in [0.717, 1.165) is 29.9 Å². The Hall–Kier alpha value is -2.08. The topological polar surface area (TPSA) is 67.1 Å². The van der Waals surface area contributed by atoms with Gasteiger partial charge in [0.2, 0.25) is 0 Å². The van der Waals surface area contributed by atoms with Crippen LogP contribution in [0, 0.1) is 0 Å². The van der Waals surface area contributed by atoms with Gasteiger partial charge < -0.3 is 10.6 Å². The van der Waals surface area contributed by atoms with E-state index in [4.69, 9.17) is 11.6 Å². The van der Waals surface area contributed by atoms with Crippen LogP contribution in [0.1, 0.15) is 32.2 Å². The van der Waals surface area contributed by atoms with E-state index in [1.54, 1.807) is 4.68 Å². The van der Waals surface area contributed by atoms with Crippen LogP contribution in [0.3, 0.4) is 0 Å². The molecule has 0 unspecified atom stereocenters. The Bertz CT molecular complexity index is 692. The number of aryl methyl sites for hydroxylation is 1. The Kier molecular flexibility index (Phi) is 6.20. The van der Waals surface area contributed by atoms with Gasteiger partial charge in [-0.15, -0.1) is 0 Å². The zero-order valence-electron chi connectivity index (χ0n) is 14.7. The minimum Gasteiger partial charge on any atom is -0.357 e. The molecule has 130 valence electrons. The third-order valence-electron chi connectivity index (χ3n) is 3.83. The summed E-state index contributed by atoms with van der Waals surface area (Å²) >= 11 is 6.11. The third-order valence-corrected chi connectivity index (χ3v) is 4.07. The molecule has 0 aliphatic heterocycles. The number of aromatic nitrogens is 3. The number of nitrogens with zero attached hydrogens (tertiary/aromatic N) is 4. The number of nitrogens with one attached hydrogen (secondary N) is 2. The van der Waals surface area contributed by atoms with E-state index in [-0.39, 0.29) is 5.41 Å². The molecule has 2 aromatic rings. The number of hydrogen-bond acceptors (Lipinski definition) is 3. The molecule has 0 saturated heterocycles. The fraction of sp³-hybridized carbons (Fsp3) is 0.471. The van der Waals surface area contributed by atoms with Crippen LogP contribution in [0.4, 0.5) is 0 Å². The van der Waals surface area contributed by atoms with Crippen molar-refractivity contribution >= 4 is 17.6 Å². The standard InChI is InChI=1S/C17H25ClN6/c1-5-19-16(20-10-15-22-12-23-24(15)4)21-11-17(2,3)13-7-6-8-14(18)9-13/h6-9,12H,5,10-11H2,1-4H3,(H2,19,20,21). The van der Waals surface area contributed by atoms with Gasteiger partial charge in [0.25, 0.3) is 0 Å². The first-order chi connectivity index (χ1) is 11.4. The minimum atomic E-state index is -0.0775. The number of rotatable bonds is 6. The zero-order chi connectivity index (χ0) is 17.6. The van der Waals surface area contributed by atoms with Gasteiger partial charge in [-0.1, -0.05) is 37.6 Å². The predicted molar refractivity (Wildman–Crippen MR) is 98.3 cm³/mol. The first-order valence-electron chi connectivity index (χ1n) is 8.03. The van der Waals surface area contributed by atoms with Crippen LogP contribution in [0.25, 0.3) is 0 Å². The van der Waals surface area contributed by atoms with Gasteiger partial charge in [-0.2, -0.15) is 5.10 Å². The number of guanidine groups is 1. The van der Waals surface area contributed by atoms with Gasteiger partial charge in [-0.25, -0.2) is 9.98 Å². The summed E-state index contributed by atoms with van der Waals surface area (Å²) in [4.78, 5) is 8.76. The number of benzene rings is 1. The molecule has 1 aromatic carbocycles. The highest BCUT2D eigenvalue weighted by molar-refractivity contribution is 6.30. The summed E-state index contributed by atoms with van der Waals surface area (Å²) in [6.07, 6.45) is 1.54. The summed E-state index contributed by atoms with van der Waals surface area (Å²) in [5.74, 6) is 1.58. The lowest BCUT2D eigenvalue weighted by Gasteiger charge is -2.27. The second kappa shape index (κ2) is 8.15. The van der Waals surface area contributed by atoms with E-state index in [0.29, 0.717) is 6.54 Å². The first kappa shape index (κ1) is 18.3. The first-order valence-corrected chi connectivity index (χ1v) is 8.41. The Morgan fingerprint density at radius 2 is 2.12 bits per heavy atom. The molecule has 0 amide bonds. The highest BCUT2D eigenvalue weighted by Crippen LogP contribution is 2.24. The minimum absolute atomic E-state index is 0.0775. The van der Waals surface area contributed by atoms with Gasteiger partial charge in [-0.3, -0.25) is 4.68 Å². The van der Waals surface area contributed by atoms with Crippen molar-refractivity contribution in [2.75, 3.05) is 13.1 Å². The molecule has 0 radical (unpaired) electrons. The van der Waals surface area contributed by atoms with Gasteiger partial charge in [0.1, 0.15) is 18.7 Å². The second-order valence-electron chi connectivity index (χ2n) is 6.24. The highest BCUT2D eigenvalue weighted by atomic mass is 35.5. The molecule has 0 aliphatic carbocycles. The Balaban J connectivity index is 2.03. The average Bonchev–Trinajstić information content (AvgIpc) is 2.95. The molecule has 0 atom stereocenters. The van der Waals surface area contributed by atoms with Crippen LogP contribution in [-0.2, 0) is 19.0 Å². The van der Waals surface area contributed by atoms with Crippen LogP contribution >= 0.6 is 11.6 Å². The zero-order valence-corrected chi connectivity index (χ0v) is 15.4. The van der Waals surface area contributed by atoms with Crippen molar-refractivity contribution in [1.29, 1.82) is 0 Å². The molecular weight excluding hydrogens is 324 g/mol. The molecule has 24 heavy (non-hydrogen) atoms. The lowest BCUT2D eigenvalue weighted by Crippen LogP contribution is -2.43. The summed E-state index contributed by atoms with van der Waals surface area (Å²) in [6, 6.07) is 7.97. The van der Waals surface area contributed by atoms with Gasteiger partial charge in [0, 0.05) is 30.6 Å². The van der Waals surface area contributed by atoms with E-state index in [1.807, 2.05) is 32.2 Å². The molecular formula is C17H25ClN6. The lowest BCUT2D eigenvalue weighted by molar-refractivity contribution is 0.508. The maximum Gasteiger partial charge on any atom is 0.191 e. The van der Waals surface area contributed by atoms with Crippen molar-refractivity contribution in [3.05, 3.63) is 47.0 Å². The molecule has 7 heteroatoms. The molecule has 0 saturated carbocycles. The summed E-state index contributed by atoms with van der Waals surface area (Å²) in [5.41, 5.74) is 1.11. The van der Waals surface area contributed by atoms with Crippen LogP contribution in [0.5, 0.6) is 0 Å². The monoisotopic (exact) mass is 348 g/mol. The molecule has 0 bridgehead atoms. The molecule has 1 aromatic heterocycles. The van der Waals surface area contributed by atoms with Gasteiger partial charge in [0.15, 0.2) is 5.96 Å². The van der Waals surface area contributed by atoms with Crippen LogP contribution < -0.4 is 10.6 Å². The molecule has 2 rings (SSSR count). The molecule has 6 nitrogen and oxygen atoms in total. The summed E-state index contributed by atoms with van der Waals surface area (Å²) in [5, 5.41) is 11.5. The number of hydrogen-bond donors (Lipinski definition) is 2. The van der Waals surface area contributed by atoms with Crippen molar-refractivity contribution < 1.29 is 0 Å². The smallest absolute Gasteiger partial charge is 0.191 e. The predicted octanol–water partition coefficient (Wildman–Crippen LogP) is 2.50. The molecule has 1 heterocycles. The number of halogens is 1. The Labute approximate surface area is 148 Å². The lowest BCUT2D eigenvalue weighted by atomic mass is 9.84. The summed E-state index contributed by atoms with van der Waals surface area (Å²) in [7, 11) is 1.86. The quantitative estimate of drug-likeness (QED) is 0.621. The van der Waals surface area contributed by atoms with Crippen LogP contribution in [0.2, 0.25) is 5.02 Å². The summed E-state index contributed by atoms with van der Waals surface area (Å²) < 4.78 is 1.73. The van der Waals surface area contributed by atoms with E-state index in [9.17, 15) is 0 Å². The SMILES string of the molecule is CCNC(=NCc1ncnn1C)NCC(C)(C)c1cccc(Cl)c1. The molecule has 0 spiro atoms. The summed E-state index contributed by atoms with van der Waals surface area (Å²) in [6.45, 7) is 8.40. The second-order valence-corrected chi connectivity index (χ2v) is 6.68. The maximum absolute atomic E-state index is 6.11. The van der Waals surface area contributed by atoms with E-state index >= 15 is 0 Å². The Morgan fingerprint density at radius 3 is 2.75 bits per heavy atom. The third kappa shape index (κ3) is 4.96. The van der Waals surface area contributed by atoms with Crippen molar-refractivity contribution in [3.63, 3.8) is 0 Å². The van der Waals surface area contributed by atoms with Crippen molar-refractivity contribution in [2.45, 2.75) is 32.7 Å². The van der Waals surface area contributed by atoms with Crippen LogP contribution in [-0.4, -0.2) is 33.8 Å². The number of aliphatic imine (C=N–C) groups is 1. The molecule has 0 fully saturated rings. The average molecular weight is 349 g/mol. The van der Waals surface area contributed by atoms with E-state index in [2.05, 4.69) is 45.6 Å². The molecule has 2 N–H and O–H groups in total. The van der Waals surface area contributed by atoms with Crippen molar-refractivity contribution in [2.24, 2.45) is 12.0 Å². The molecule has 0 aliphatic rings.